The molecule has 0 aromatic rings. The van der Waals surface area contributed by atoms with Gasteiger partial charge in [0.1, 0.15) is 0 Å². The summed E-state index contributed by atoms with van der Waals surface area (Å²) in [6, 6.07) is 0. The molecule has 1 N–H and O–H groups in total. The van der Waals surface area contributed by atoms with Gasteiger partial charge in [-0.15, -0.1) is 0 Å². The lowest BCUT2D eigenvalue weighted by molar-refractivity contribution is -0.138. The van der Waals surface area contributed by atoms with Crippen molar-refractivity contribution in [3.05, 3.63) is 0 Å². The highest BCUT2D eigenvalue weighted by atomic mass is 16.5. The van der Waals surface area contributed by atoms with Gasteiger partial charge in [0.15, 0.2) is 0 Å². The fourth-order valence-corrected chi connectivity index (χ4v) is 2.04. The molecule has 0 heterocycles. The molecule has 3 heteroatoms. The van der Waals surface area contributed by atoms with Gasteiger partial charge in [-0.1, -0.05) is 6.42 Å². The van der Waals surface area contributed by atoms with Crippen molar-refractivity contribution in [3.8, 4) is 0 Å². The second kappa shape index (κ2) is 4.45. The predicted octanol–water partition coefficient (Wildman–Crippen LogP) is 1.52. The van der Waals surface area contributed by atoms with Gasteiger partial charge in [-0.3, -0.25) is 4.79 Å². The number of rotatable bonds is 4. The van der Waals surface area contributed by atoms with Gasteiger partial charge in [-0.05, 0) is 24.7 Å². The van der Waals surface area contributed by atoms with Crippen LogP contribution in [-0.2, 0) is 9.53 Å². The first-order valence-electron chi connectivity index (χ1n) is 4.44. The SMILES string of the molecule is COCC1CCCC1CC(=O)O. The van der Waals surface area contributed by atoms with E-state index in [0.717, 1.165) is 25.9 Å². The molecule has 1 rings (SSSR count). The third-order valence-corrected chi connectivity index (χ3v) is 2.63. The average molecular weight is 172 g/mol. The summed E-state index contributed by atoms with van der Waals surface area (Å²) in [5, 5.41) is 8.62. The molecule has 1 aliphatic rings. The molecule has 0 radical (unpaired) electrons. The summed E-state index contributed by atoms with van der Waals surface area (Å²) in [6.45, 7) is 0.720. The Morgan fingerprint density at radius 3 is 2.75 bits per heavy atom. The largest absolute Gasteiger partial charge is 0.481 e. The second-order valence-electron chi connectivity index (χ2n) is 3.50. The predicted molar refractivity (Wildman–Crippen MR) is 45.0 cm³/mol. The van der Waals surface area contributed by atoms with E-state index in [-0.39, 0.29) is 0 Å². The summed E-state index contributed by atoms with van der Waals surface area (Å²) in [5.74, 6) is 0.150. The number of methoxy groups -OCH3 is 1. The summed E-state index contributed by atoms with van der Waals surface area (Å²) in [7, 11) is 1.68. The van der Waals surface area contributed by atoms with E-state index in [4.69, 9.17) is 9.84 Å². The molecule has 1 fully saturated rings. The molecule has 0 amide bonds. The smallest absolute Gasteiger partial charge is 0.303 e. The number of ether oxygens (including phenoxy) is 1. The Morgan fingerprint density at radius 1 is 1.50 bits per heavy atom. The average Bonchev–Trinajstić information content (AvgIpc) is 2.37. The van der Waals surface area contributed by atoms with Crippen molar-refractivity contribution in [2.75, 3.05) is 13.7 Å². The molecule has 0 spiro atoms. The highest BCUT2D eigenvalue weighted by molar-refractivity contribution is 5.67. The van der Waals surface area contributed by atoms with Gasteiger partial charge >= 0.3 is 5.97 Å². The molecular formula is C9H16O3. The highest BCUT2D eigenvalue weighted by Crippen LogP contribution is 2.33. The van der Waals surface area contributed by atoms with E-state index >= 15 is 0 Å². The molecule has 12 heavy (non-hydrogen) atoms. The van der Waals surface area contributed by atoms with Crippen LogP contribution in [-0.4, -0.2) is 24.8 Å². The van der Waals surface area contributed by atoms with Crippen LogP contribution in [0.25, 0.3) is 0 Å². The van der Waals surface area contributed by atoms with Crippen LogP contribution in [0.1, 0.15) is 25.7 Å². The summed E-state index contributed by atoms with van der Waals surface area (Å²) in [4.78, 5) is 10.5. The molecule has 2 atom stereocenters. The Bertz CT molecular complexity index is 156. The Kier molecular flexibility index (Phi) is 3.53. The quantitative estimate of drug-likeness (QED) is 0.699. The third kappa shape index (κ3) is 2.48. The maximum Gasteiger partial charge on any atom is 0.303 e. The fourth-order valence-electron chi connectivity index (χ4n) is 2.04. The van der Waals surface area contributed by atoms with Gasteiger partial charge in [-0.25, -0.2) is 0 Å². The van der Waals surface area contributed by atoms with Gasteiger partial charge in [0.05, 0.1) is 0 Å². The topological polar surface area (TPSA) is 46.5 Å². The zero-order valence-electron chi connectivity index (χ0n) is 7.45. The molecule has 0 saturated heterocycles. The summed E-state index contributed by atoms with van der Waals surface area (Å²) < 4.78 is 5.04. The summed E-state index contributed by atoms with van der Waals surface area (Å²) in [5.41, 5.74) is 0. The van der Waals surface area contributed by atoms with Crippen molar-refractivity contribution < 1.29 is 14.6 Å². The van der Waals surface area contributed by atoms with E-state index in [1.165, 1.54) is 0 Å². The maximum atomic E-state index is 10.5. The first kappa shape index (κ1) is 9.52. The highest BCUT2D eigenvalue weighted by Gasteiger charge is 2.28. The van der Waals surface area contributed by atoms with Crippen LogP contribution in [0.3, 0.4) is 0 Å². The van der Waals surface area contributed by atoms with Gasteiger partial charge in [0.25, 0.3) is 0 Å². The van der Waals surface area contributed by atoms with E-state index < -0.39 is 5.97 Å². The van der Waals surface area contributed by atoms with Crippen molar-refractivity contribution in [1.29, 1.82) is 0 Å². The maximum absolute atomic E-state index is 10.5. The minimum Gasteiger partial charge on any atom is -0.481 e. The first-order chi connectivity index (χ1) is 5.74. The van der Waals surface area contributed by atoms with Gasteiger partial charge in [0.2, 0.25) is 0 Å². The number of carboxylic acid groups (broad SMARTS) is 1. The Labute approximate surface area is 72.7 Å². The lowest BCUT2D eigenvalue weighted by Crippen LogP contribution is -2.16. The van der Waals surface area contributed by atoms with Crippen molar-refractivity contribution in [1.82, 2.24) is 0 Å². The number of aliphatic carboxylic acids is 1. The lowest BCUT2D eigenvalue weighted by atomic mass is 9.94. The molecule has 1 aliphatic carbocycles. The van der Waals surface area contributed by atoms with Crippen LogP contribution in [0.5, 0.6) is 0 Å². The molecular weight excluding hydrogens is 156 g/mol. The molecule has 0 aromatic heterocycles. The minimum atomic E-state index is -0.678. The fraction of sp³-hybridized carbons (Fsp3) is 0.889. The molecule has 0 bridgehead atoms. The lowest BCUT2D eigenvalue weighted by Gasteiger charge is -2.16. The van der Waals surface area contributed by atoms with Crippen LogP contribution in [0.4, 0.5) is 0 Å². The number of carboxylic acids is 1. The summed E-state index contributed by atoms with van der Waals surface area (Å²) >= 11 is 0. The van der Waals surface area contributed by atoms with Crippen molar-refractivity contribution in [2.24, 2.45) is 11.8 Å². The van der Waals surface area contributed by atoms with Gasteiger partial charge in [0, 0.05) is 20.1 Å². The first-order valence-corrected chi connectivity index (χ1v) is 4.44. The van der Waals surface area contributed by atoms with Crippen LogP contribution in [0, 0.1) is 11.8 Å². The summed E-state index contributed by atoms with van der Waals surface area (Å²) in [6.07, 6.45) is 3.66. The normalized spacial score (nSPS) is 29.1. The van der Waals surface area contributed by atoms with E-state index in [0.29, 0.717) is 18.3 Å². The third-order valence-electron chi connectivity index (χ3n) is 2.63. The van der Waals surface area contributed by atoms with Crippen molar-refractivity contribution in [2.45, 2.75) is 25.7 Å². The number of hydrogen-bond acceptors (Lipinski definition) is 2. The zero-order valence-corrected chi connectivity index (χ0v) is 7.45. The second-order valence-corrected chi connectivity index (χ2v) is 3.50. The van der Waals surface area contributed by atoms with Gasteiger partial charge < -0.3 is 9.84 Å². The molecule has 2 unspecified atom stereocenters. The Morgan fingerprint density at radius 2 is 2.17 bits per heavy atom. The molecule has 0 aliphatic heterocycles. The van der Waals surface area contributed by atoms with E-state index in [1.807, 2.05) is 0 Å². The van der Waals surface area contributed by atoms with Crippen LogP contribution in [0.2, 0.25) is 0 Å². The number of carbonyl (C=O) groups is 1. The molecule has 3 nitrogen and oxygen atoms in total. The van der Waals surface area contributed by atoms with E-state index in [9.17, 15) is 4.79 Å². The monoisotopic (exact) mass is 172 g/mol. The van der Waals surface area contributed by atoms with Crippen LogP contribution >= 0.6 is 0 Å². The van der Waals surface area contributed by atoms with Crippen molar-refractivity contribution in [3.63, 3.8) is 0 Å². The standard InChI is InChI=1S/C9H16O3/c1-12-6-8-4-2-3-7(8)5-9(10)11/h7-8H,2-6H2,1H3,(H,10,11). The zero-order chi connectivity index (χ0) is 8.97. The minimum absolute atomic E-state index is 0.314. The van der Waals surface area contributed by atoms with E-state index in [1.54, 1.807) is 7.11 Å². The molecule has 0 aromatic carbocycles. The van der Waals surface area contributed by atoms with E-state index in [2.05, 4.69) is 0 Å². The molecule has 70 valence electrons. The van der Waals surface area contributed by atoms with Gasteiger partial charge in [-0.2, -0.15) is 0 Å². The Hall–Kier alpha value is -0.570. The number of hydrogen-bond donors (Lipinski definition) is 1. The molecule has 1 saturated carbocycles. The van der Waals surface area contributed by atoms with Crippen molar-refractivity contribution >= 4 is 5.97 Å². The Balaban J connectivity index is 2.35. The van der Waals surface area contributed by atoms with Crippen LogP contribution < -0.4 is 0 Å². The van der Waals surface area contributed by atoms with Crippen LogP contribution in [0.15, 0.2) is 0 Å².